The number of likely N-dealkylation sites (tertiary alicyclic amines) is 1. The Kier molecular flexibility index (Phi) is 5.34. The maximum Gasteiger partial charge on any atom is 0.239 e. The van der Waals surface area contributed by atoms with Gasteiger partial charge < -0.3 is 4.90 Å². The molecule has 0 saturated carbocycles. The Morgan fingerprint density at radius 3 is 2.71 bits per heavy atom. The van der Waals surface area contributed by atoms with Crippen molar-refractivity contribution in [2.24, 2.45) is 5.92 Å². The molecule has 1 heterocycles. The van der Waals surface area contributed by atoms with E-state index in [9.17, 15) is 9.18 Å². The van der Waals surface area contributed by atoms with E-state index in [1.165, 1.54) is 12.1 Å². The number of likely N-dealkylation sites (N-methyl/N-ethyl adjacent to an activating group) is 1. The number of amides is 1. The SMILES string of the molecule is CC1CCN(C(=O)[C@H](C)N(C)Cc2cccc(F)c2)CC1. The molecule has 0 N–H and O–H groups in total. The number of halogens is 1. The molecule has 1 fully saturated rings. The van der Waals surface area contributed by atoms with Gasteiger partial charge in [0.25, 0.3) is 0 Å². The maximum atomic E-state index is 13.2. The average molecular weight is 292 g/mol. The van der Waals surface area contributed by atoms with Gasteiger partial charge >= 0.3 is 0 Å². The van der Waals surface area contributed by atoms with Crippen molar-refractivity contribution in [3.63, 3.8) is 0 Å². The van der Waals surface area contributed by atoms with Crippen LogP contribution < -0.4 is 0 Å². The van der Waals surface area contributed by atoms with Crippen molar-refractivity contribution in [3.8, 4) is 0 Å². The van der Waals surface area contributed by atoms with Gasteiger partial charge in [-0.05, 0) is 50.4 Å². The number of rotatable bonds is 4. The molecule has 1 aromatic carbocycles. The minimum atomic E-state index is -0.232. The zero-order chi connectivity index (χ0) is 15.4. The van der Waals surface area contributed by atoms with Gasteiger partial charge in [-0.1, -0.05) is 19.1 Å². The van der Waals surface area contributed by atoms with Crippen LogP contribution in [0.4, 0.5) is 4.39 Å². The van der Waals surface area contributed by atoms with Gasteiger partial charge in [0.15, 0.2) is 0 Å². The van der Waals surface area contributed by atoms with Gasteiger partial charge in [0.05, 0.1) is 6.04 Å². The van der Waals surface area contributed by atoms with E-state index in [2.05, 4.69) is 6.92 Å². The molecular weight excluding hydrogens is 267 g/mol. The van der Waals surface area contributed by atoms with Crippen LogP contribution in [-0.2, 0) is 11.3 Å². The standard InChI is InChI=1S/C17H25FN2O/c1-13-7-9-20(10-8-13)17(21)14(2)19(3)12-15-5-4-6-16(18)11-15/h4-6,11,13-14H,7-10,12H2,1-3H3/t14-/m0/s1. The normalized spacial score (nSPS) is 18.0. The summed E-state index contributed by atoms with van der Waals surface area (Å²) < 4.78 is 13.2. The van der Waals surface area contributed by atoms with Gasteiger partial charge in [-0.3, -0.25) is 9.69 Å². The summed E-state index contributed by atoms with van der Waals surface area (Å²) in [4.78, 5) is 16.5. The Hall–Kier alpha value is -1.42. The van der Waals surface area contributed by atoms with E-state index in [1.807, 2.05) is 29.8 Å². The number of benzene rings is 1. The van der Waals surface area contributed by atoms with Crippen LogP contribution in [0.3, 0.4) is 0 Å². The molecule has 0 unspecified atom stereocenters. The number of carbonyl (C=O) groups excluding carboxylic acids is 1. The fourth-order valence-corrected chi connectivity index (χ4v) is 2.74. The largest absolute Gasteiger partial charge is 0.341 e. The lowest BCUT2D eigenvalue weighted by Gasteiger charge is -2.34. The first-order valence-electron chi connectivity index (χ1n) is 7.71. The van der Waals surface area contributed by atoms with E-state index in [-0.39, 0.29) is 17.8 Å². The van der Waals surface area contributed by atoms with Crippen LogP contribution in [0.5, 0.6) is 0 Å². The molecule has 1 amide bonds. The fourth-order valence-electron chi connectivity index (χ4n) is 2.74. The van der Waals surface area contributed by atoms with E-state index in [0.29, 0.717) is 6.54 Å². The fraction of sp³-hybridized carbons (Fsp3) is 0.588. The van der Waals surface area contributed by atoms with Crippen molar-refractivity contribution >= 4 is 5.91 Å². The van der Waals surface area contributed by atoms with Gasteiger partial charge in [0.1, 0.15) is 5.82 Å². The van der Waals surface area contributed by atoms with Crippen molar-refractivity contribution in [3.05, 3.63) is 35.6 Å². The molecule has 1 atom stereocenters. The molecule has 1 aliphatic rings. The van der Waals surface area contributed by atoms with E-state index in [0.717, 1.165) is 37.4 Å². The summed E-state index contributed by atoms with van der Waals surface area (Å²) in [6, 6.07) is 6.38. The second-order valence-corrected chi connectivity index (χ2v) is 6.23. The number of hydrogen-bond acceptors (Lipinski definition) is 2. The van der Waals surface area contributed by atoms with Crippen molar-refractivity contribution in [1.29, 1.82) is 0 Å². The van der Waals surface area contributed by atoms with Gasteiger partial charge in [-0.25, -0.2) is 4.39 Å². The molecule has 4 heteroatoms. The molecule has 0 radical (unpaired) electrons. The number of carbonyl (C=O) groups is 1. The van der Waals surface area contributed by atoms with Crippen LogP contribution in [-0.4, -0.2) is 41.9 Å². The van der Waals surface area contributed by atoms with E-state index in [1.54, 1.807) is 6.07 Å². The lowest BCUT2D eigenvalue weighted by Crippen LogP contribution is -2.48. The van der Waals surface area contributed by atoms with E-state index >= 15 is 0 Å². The Balaban J connectivity index is 1.92. The Labute approximate surface area is 126 Å². The molecule has 0 aliphatic carbocycles. The quantitative estimate of drug-likeness (QED) is 0.852. The minimum Gasteiger partial charge on any atom is -0.341 e. The van der Waals surface area contributed by atoms with Crippen LogP contribution in [0.2, 0.25) is 0 Å². The predicted octanol–water partition coefficient (Wildman–Crippen LogP) is 2.90. The van der Waals surface area contributed by atoms with E-state index in [4.69, 9.17) is 0 Å². The number of piperidine rings is 1. The van der Waals surface area contributed by atoms with Crippen molar-refractivity contribution in [2.45, 2.75) is 39.3 Å². The second kappa shape index (κ2) is 7.03. The highest BCUT2D eigenvalue weighted by Crippen LogP contribution is 2.18. The first kappa shape index (κ1) is 16.0. The first-order chi connectivity index (χ1) is 9.97. The monoisotopic (exact) mass is 292 g/mol. The van der Waals surface area contributed by atoms with Crippen molar-refractivity contribution in [1.82, 2.24) is 9.80 Å². The summed E-state index contributed by atoms with van der Waals surface area (Å²) in [5.74, 6) is 0.667. The van der Waals surface area contributed by atoms with Crippen molar-refractivity contribution in [2.75, 3.05) is 20.1 Å². The summed E-state index contributed by atoms with van der Waals surface area (Å²) in [6.45, 7) is 6.46. The molecule has 0 spiro atoms. The molecule has 0 bridgehead atoms. The molecule has 1 aliphatic heterocycles. The number of hydrogen-bond donors (Lipinski definition) is 0. The summed E-state index contributed by atoms with van der Waals surface area (Å²) in [6.07, 6.45) is 2.18. The zero-order valence-corrected chi connectivity index (χ0v) is 13.2. The van der Waals surface area contributed by atoms with Crippen molar-refractivity contribution < 1.29 is 9.18 Å². The number of nitrogens with zero attached hydrogens (tertiary/aromatic N) is 2. The summed E-state index contributed by atoms with van der Waals surface area (Å²) in [5.41, 5.74) is 0.893. The Morgan fingerprint density at radius 2 is 2.10 bits per heavy atom. The summed E-state index contributed by atoms with van der Waals surface area (Å²) in [7, 11) is 1.92. The average Bonchev–Trinajstić information content (AvgIpc) is 2.46. The summed E-state index contributed by atoms with van der Waals surface area (Å²) in [5, 5.41) is 0. The molecular formula is C17H25FN2O. The molecule has 2 rings (SSSR count). The first-order valence-corrected chi connectivity index (χ1v) is 7.71. The molecule has 116 valence electrons. The highest BCUT2D eigenvalue weighted by Gasteiger charge is 2.26. The van der Waals surface area contributed by atoms with Crippen LogP contribution >= 0.6 is 0 Å². The smallest absolute Gasteiger partial charge is 0.239 e. The highest BCUT2D eigenvalue weighted by molar-refractivity contribution is 5.81. The second-order valence-electron chi connectivity index (χ2n) is 6.23. The van der Waals surface area contributed by atoms with Gasteiger partial charge in [0.2, 0.25) is 5.91 Å². The molecule has 1 saturated heterocycles. The van der Waals surface area contributed by atoms with E-state index < -0.39 is 0 Å². The van der Waals surface area contributed by atoms with Crippen LogP contribution in [0.25, 0.3) is 0 Å². The summed E-state index contributed by atoms with van der Waals surface area (Å²) >= 11 is 0. The zero-order valence-electron chi connectivity index (χ0n) is 13.2. The highest BCUT2D eigenvalue weighted by atomic mass is 19.1. The third kappa shape index (κ3) is 4.27. The lowest BCUT2D eigenvalue weighted by atomic mass is 9.98. The molecule has 3 nitrogen and oxygen atoms in total. The third-order valence-electron chi connectivity index (χ3n) is 4.43. The topological polar surface area (TPSA) is 23.6 Å². The predicted molar refractivity (Wildman–Crippen MR) is 82.3 cm³/mol. The van der Waals surface area contributed by atoms with Gasteiger partial charge in [-0.15, -0.1) is 0 Å². The maximum absolute atomic E-state index is 13.2. The minimum absolute atomic E-state index is 0.179. The van der Waals surface area contributed by atoms with Gasteiger partial charge in [0, 0.05) is 19.6 Å². The Morgan fingerprint density at radius 1 is 1.43 bits per heavy atom. The van der Waals surface area contributed by atoms with Crippen LogP contribution in [0.1, 0.15) is 32.3 Å². The molecule has 21 heavy (non-hydrogen) atoms. The molecule has 0 aromatic heterocycles. The third-order valence-corrected chi connectivity index (χ3v) is 4.43. The van der Waals surface area contributed by atoms with Crippen LogP contribution in [0, 0.1) is 11.7 Å². The van der Waals surface area contributed by atoms with Crippen LogP contribution in [0.15, 0.2) is 24.3 Å². The molecule has 1 aromatic rings. The lowest BCUT2D eigenvalue weighted by molar-refractivity contribution is -0.137. The van der Waals surface area contributed by atoms with Gasteiger partial charge in [-0.2, -0.15) is 0 Å². The Bertz CT molecular complexity index is 483.